The highest BCUT2D eigenvalue weighted by atomic mass is 19.1. The maximum Gasteiger partial charge on any atom is 0.126 e. The predicted octanol–water partition coefficient (Wildman–Crippen LogP) is 2.91. The van der Waals surface area contributed by atoms with Crippen LogP contribution in [-0.2, 0) is 0 Å². The summed E-state index contributed by atoms with van der Waals surface area (Å²) < 4.78 is 26.4. The summed E-state index contributed by atoms with van der Waals surface area (Å²) in [4.78, 5) is 0. The maximum absolute atomic E-state index is 13.2. The largest absolute Gasteiger partial charge is 0.271 e. The zero-order valence-corrected chi connectivity index (χ0v) is 9.92. The van der Waals surface area contributed by atoms with E-state index in [1.165, 1.54) is 12.1 Å². The molecule has 1 aromatic carbocycles. The van der Waals surface area contributed by atoms with Crippen molar-refractivity contribution >= 4 is 0 Å². The Balaban J connectivity index is 2.22. The molecule has 0 saturated heterocycles. The van der Waals surface area contributed by atoms with E-state index in [2.05, 4.69) is 12.3 Å². The van der Waals surface area contributed by atoms with Gasteiger partial charge in [0.15, 0.2) is 0 Å². The quantitative estimate of drug-likeness (QED) is 0.629. The summed E-state index contributed by atoms with van der Waals surface area (Å²) in [5.41, 5.74) is 3.30. The topological polar surface area (TPSA) is 38.0 Å². The number of hydrogen-bond donors (Lipinski definition) is 2. The highest BCUT2D eigenvalue weighted by molar-refractivity contribution is 5.22. The fourth-order valence-electron chi connectivity index (χ4n) is 2.81. The fraction of sp³-hybridized carbons (Fsp3) is 0.538. The molecule has 2 nitrogen and oxygen atoms in total. The van der Waals surface area contributed by atoms with E-state index in [0.717, 1.165) is 25.3 Å². The van der Waals surface area contributed by atoms with E-state index in [-0.39, 0.29) is 6.04 Å². The van der Waals surface area contributed by atoms with Gasteiger partial charge in [0.05, 0.1) is 0 Å². The van der Waals surface area contributed by atoms with E-state index in [1.54, 1.807) is 0 Å². The molecular formula is C13H18F2N2. The Bertz CT molecular complexity index is 375. The minimum Gasteiger partial charge on any atom is -0.271 e. The Morgan fingerprint density at radius 1 is 1.24 bits per heavy atom. The average Bonchev–Trinajstić information content (AvgIpc) is 2.64. The first-order valence-electron chi connectivity index (χ1n) is 6.02. The van der Waals surface area contributed by atoms with Crippen molar-refractivity contribution in [2.45, 2.75) is 32.2 Å². The van der Waals surface area contributed by atoms with Crippen LogP contribution in [0.3, 0.4) is 0 Å². The van der Waals surface area contributed by atoms with E-state index in [1.807, 2.05) is 0 Å². The molecule has 0 amide bonds. The smallest absolute Gasteiger partial charge is 0.126 e. The van der Waals surface area contributed by atoms with Crippen molar-refractivity contribution in [2.75, 3.05) is 0 Å². The lowest BCUT2D eigenvalue weighted by Crippen LogP contribution is -2.33. The third-order valence-corrected chi connectivity index (χ3v) is 3.63. The number of rotatable bonds is 3. The van der Waals surface area contributed by atoms with Crippen LogP contribution in [-0.4, -0.2) is 0 Å². The van der Waals surface area contributed by atoms with Crippen molar-refractivity contribution in [3.05, 3.63) is 35.4 Å². The molecule has 2 rings (SSSR count). The Kier molecular flexibility index (Phi) is 3.74. The predicted molar refractivity (Wildman–Crippen MR) is 62.9 cm³/mol. The van der Waals surface area contributed by atoms with E-state index in [4.69, 9.17) is 5.84 Å². The monoisotopic (exact) mass is 240 g/mol. The van der Waals surface area contributed by atoms with E-state index in [0.29, 0.717) is 17.4 Å². The molecule has 3 atom stereocenters. The minimum absolute atomic E-state index is 0.162. The van der Waals surface area contributed by atoms with Crippen LogP contribution in [0.4, 0.5) is 8.78 Å². The first-order valence-corrected chi connectivity index (χ1v) is 6.02. The van der Waals surface area contributed by atoms with Crippen molar-refractivity contribution in [1.29, 1.82) is 0 Å². The number of nitrogens with one attached hydrogen (secondary N) is 1. The fourth-order valence-corrected chi connectivity index (χ4v) is 2.81. The second-order valence-electron chi connectivity index (χ2n) is 5.03. The van der Waals surface area contributed by atoms with E-state index >= 15 is 0 Å². The van der Waals surface area contributed by atoms with Gasteiger partial charge in [0.1, 0.15) is 11.6 Å². The zero-order chi connectivity index (χ0) is 12.4. The van der Waals surface area contributed by atoms with Crippen LogP contribution in [0.25, 0.3) is 0 Å². The molecule has 0 aliphatic heterocycles. The standard InChI is InChI=1S/C13H18F2N2/c1-8-2-3-9(4-8)13(17-16)10-5-11(14)7-12(15)6-10/h5-9,13,17H,2-4,16H2,1H3. The van der Waals surface area contributed by atoms with Gasteiger partial charge in [-0.25, -0.2) is 8.78 Å². The molecule has 1 aromatic rings. The molecule has 1 fully saturated rings. The third kappa shape index (κ3) is 2.82. The van der Waals surface area contributed by atoms with Gasteiger partial charge in [-0.05, 0) is 42.4 Å². The van der Waals surface area contributed by atoms with Crippen LogP contribution in [0.15, 0.2) is 18.2 Å². The maximum atomic E-state index is 13.2. The number of nitrogens with two attached hydrogens (primary N) is 1. The molecule has 1 saturated carbocycles. The molecule has 0 radical (unpaired) electrons. The lowest BCUT2D eigenvalue weighted by atomic mass is 9.91. The van der Waals surface area contributed by atoms with Crippen molar-refractivity contribution in [2.24, 2.45) is 17.7 Å². The van der Waals surface area contributed by atoms with Gasteiger partial charge >= 0.3 is 0 Å². The van der Waals surface area contributed by atoms with E-state index < -0.39 is 11.6 Å². The Morgan fingerprint density at radius 3 is 2.35 bits per heavy atom. The number of hydrazine groups is 1. The Morgan fingerprint density at radius 2 is 1.88 bits per heavy atom. The summed E-state index contributed by atoms with van der Waals surface area (Å²) in [5, 5.41) is 0. The molecular weight excluding hydrogens is 222 g/mol. The van der Waals surface area contributed by atoms with Gasteiger partial charge in [0.2, 0.25) is 0 Å². The highest BCUT2D eigenvalue weighted by Crippen LogP contribution is 2.38. The Labute approximate surface area is 100 Å². The molecule has 3 unspecified atom stereocenters. The van der Waals surface area contributed by atoms with Crippen molar-refractivity contribution in [3.63, 3.8) is 0 Å². The van der Waals surface area contributed by atoms with Gasteiger partial charge in [0.25, 0.3) is 0 Å². The van der Waals surface area contributed by atoms with Crippen LogP contribution < -0.4 is 11.3 Å². The summed E-state index contributed by atoms with van der Waals surface area (Å²) in [7, 11) is 0. The van der Waals surface area contributed by atoms with Crippen molar-refractivity contribution in [1.82, 2.24) is 5.43 Å². The van der Waals surface area contributed by atoms with Crippen LogP contribution in [0.2, 0.25) is 0 Å². The second-order valence-corrected chi connectivity index (χ2v) is 5.03. The highest BCUT2D eigenvalue weighted by Gasteiger charge is 2.29. The molecule has 4 heteroatoms. The lowest BCUT2D eigenvalue weighted by molar-refractivity contribution is 0.361. The van der Waals surface area contributed by atoms with Gasteiger partial charge in [-0.3, -0.25) is 11.3 Å². The molecule has 0 heterocycles. The van der Waals surface area contributed by atoms with E-state index in [9.17, 15) is 8.78 Å². The number of halogens is 2. The molecule has 1 aliphatic rings. The molecule has 17 heavy (non-hydrogen) atoms. The Hall–Kier alpha value is -1.00. The third-order valence-electron chi connectivity index (χ3n) is 3.63. The lowest BCUT2D eigenvalue weighted by Gasteiger charge is -2.23. The van der Waals surface area contributed by atoms with Gasteiger partial charge in [-0.15, -0.1) is 0 Å². The molecule has 0 bridgehead atoms. The first-order chi connectivity index (χ1) is 8.10. The SMILES string of the molecule is CC1CCC(C(NN)c2cc(F)cc(F)c2)C1. The molecule has 0 spiro atoms. The molecule has 94 valence electrons. The van der Waals surface area contributed by atoms with Gasteiger partial charge in [-0.1, -0.05) is 13.3 Å². The summed E-state index contributed by atoms with van der Waals surface area (Å²) in [6.45, 7) is 2.19. The summed E-state index contributed by atoms with van der Waals surface area (Å²) >= 11 is 0. The molecule has 0 aromatic heterocycles. The first kappa shape index (κ1) is 12.5. The summed E-state index contributed by atoms with van der Waals surface area (Å²) in [6, 6.07) is 3.44. The van der Waals surface area contributed by atoms with Gasteiger partial charge < -0.3 is 0 Å². The number of benzene rings is 1. The average molecular weight is 240 g/mol. The normalized spacial score (nSPS) is 26.1. The van der Waals surface area contributed by atoms with Crippen LogP contribution in [0.1, 0.15) is 37.8 Å². The second kappa shape index (κ2) is 5.10. The number of hydrogen-bond acceptors (Lipinski definition) is 2. The van der Waals surface area contributed by atoms with Crippen LogP contribution >= 0.6 is 0 Å². The van der Waals surface area contributed by atoms with Crippen LogP contribution in [0.5, 0.6) is 0 Å². The minimum atomic E-state index is -0.550. The molecule has 1 aliphatic carbocycles. The summed E-state index contributed by atoms with van der Waals surface area (Å²) in [6.07, 6.45) is 3.25. The van der Waals surface area contributed by atoms with Crippen molar-refractivity contribution < 1.29 is 8.78 Å². The summed E-state index contributed by atoms with van der Waals surface area (Å²) in [5.74, 6) is 5.45. The molecule has 3 N–H and O–H groups in total. The zero-order valence-electron chi connectivity index (χ0n) is 9.92. The van der Waals surface area contributed by atoms with Crippen molar-refractivity contribution in [3.8, 4) is 0 Å². The van der Waals surface area contributed by atoms with Gasteiger partial charge in [0, 0.05) is 12.1 Å². The van der Waals surface area contributed by atoms with Gasteiger partial charge in [-0.2, -0.15) is 0 Å². The van der Waals surface area contributed by atoms with Crippen LogP contribution in [0, 0.1) is 23.5 Å².